The van der Waals surface area contributed by atoms with Gasteiger partial charge in [-0.15, -0.1) is 0 Å². The summed E-state index contributed by atoms with van der Waals surface area (Å²) >= 11 is 4.75. The van der Waals surface area contributed by atoms with Gasteiger partial charge >= 0.3 is 0 Å². The van der Waals surface area contributed by atoms with Crippen LogP contribution in [0.1, 0.15) is 17.9 Å². The molecule has 0 radical (unpaired) electrons. The first-order chi connectivity index (χ1) is 6.50. The van der Waals surface area contributed by atoms with Crippen LogP contribution in [-0.2, 0) is 6.54 Å². The van der Waals surface area contributed by atoms with E-state index in [2.05, 4.69) is 4.98 Å². The van der Waals surface area contributed by atoms with E-state index < -0.39 is 0 Å². The molecule has 0 spiro atoms. The molecule has 1 aromatic rings. The van der Waals surface area contributed by atoms with Crippen molar-refractivity contribution in [1.29, 1.82) is 0 Å². The van der Waals surface area contributed by atoms with Crippen LogP contribution >= 0.6 is 12.2 Å². The second-order valence-electron chi connectivity index (χ2n) is 3.15. The van der Waals surface area contributed by atoms with Crippen LogP contribution < -0.4 is 11.3 Å². The largest absolute Gasteiger partial charge is 0.393 e. The number of aromatic nitrogens is 2. The van der Waals surface area contributed by atoms with Gasteiger partial charge in [0.2, 0.25) is 0 Å². The number of thiocarbonyl (C=S) groups is 1. The van der Waals surface area contributed by atoms with Gasteiger partial charge in [-0.25, -0.2) is 4.98 Å². The van der Waals surface area contributed by atoms with Crippen molar-refractivity contribution in [3.63, 3.8) is 0 Å². The quantitative estimate of drug-likeness (QED) is 0.741. The molecule has 0 unspecified atom stereocenters. The van der Waals surface area contributed by atoms with Crippen molar-refractivity contribution in [2.75, 3.05) is 0 Å². The van der Waals surface area contributed by atoms with Gasteiger partial charge in [0.05, 0.1) is 4.99 Å². The Morgan fingerprint density at radius 3 is 2.79 bits per heavy atom. The molecule has 0 bridgehead atoms. The lowest BCUT2D eigenvalue weighted by Crippen LogP contribution is -2.25. The number of hydrogen-bond acceptors (Lipinski definition) is 3. The second-order valence-corrected chi connectivity index (χ2v) is 3.68. The van der Waals surface area contributed by atoms with Crippen molar-refractivity contribution >= 4 is 17.2 Å². The highest BCUT2D eigenvalue weighted by atomic mass is 32.1. The van der Waals surface area contributed by atoms with Gasteiger partial charge < -0.3 is 5.73 Å². The summed E-state index contributed by atoms with van der Waals surface area (Å²) in [5.74, 6) is 0.700. The van der Waals surface area contributed by atoms with Crippen LogP contribution in [0.2, 0.25) is 0 Å². The summed E-state index contributed by atoms with van der Waals surface area (Å²) < 4.78 is 1.58. The first kappa shape index (κ1) is 10.8. The van der Waals surface area contributed by atoms with Crippen molar-refractivity contribution in [3.8, 4) is 0 Å². The number of hydrogen-bond donors (Lipinski definition) is 1. The van der Waals surface area contributed by atoms with Crippen molar-refractivity contribution in [1.82, 2.24) is 9.55 Å². The minimum Gasteiger partial charge on any atom is -0.393 e. The third-order valence-corrected chi connectivity index (χ3v) is 2.11. The zero-order valence-corrected chi connectivity index (χ0v) is 9.10. The summed E-state index contributed by atoms with van der Waals surface area (Å²) in [6.07, 6.45) is 0.529. The molecular formula is C9H13N3OS. The molecule has 1 rings (SSSR count). The minimum atomic E-state index is -0.0498. The Morgan fingerprint density at radius 2 is 2.29 bits per heavy atom. The van der Waals surface area contributed by atoms with Crippen molar-refractivity contribution < 1.29 is 0 Å². The smallest absolute Gasteiger partial charge is 0.253 e. The predicted molar refractivity (Wildman–Crippen MR) is 59.4 cm³/mol. The van der Waals surface area contributed by atoms with E-state index in [9.17, 15) is 4.79 Å². The number of aryl methyl sites for hydroxylation is 2. The highest BCUT2D eigenvalue weighted by Gasteiger charge is 2.02. The normalized spacial score (nSPS) is 10.1. The van der Waals surface area contributed by atoms with E-state index in [0.29, 0.717) is 23.8 Å². The van der Waals surface area contributed by atoms with Crippen LogP contribution in [0.3, 0.4) is 0 Å². The lowest BCUT2D eigenvalue weighted by atomic mass is 10.3. The highest BCUT2D eigenvalue weighted by Crippen LogP contribution is 1.95. The van der Waals surface area contributed by atoms with Crippen molar-refractivity contribution in [2.45, 2.75) is 26.8 Å². The lowest BCUT2D eigenvalue weighted by molar-refractivity contribution is 0.646. The maximum atomic E-state index is 11.5. The molecule has 0 fully saturated rings. The first-order valence-electron chi connectivity index (χ1n) is 4.34. The Kier molecular flexibility index (Phi) is 3.35. The molecule has 14 heavy (non-hydrogen) atoms. The number of nitrogens with two attached hydrogens (primary N) is 1. The van der Waals surface area contributed by atoms with Crippen LogP contribution in [0.25, 0.3) is 0 Å². The summed E-state index contributed by atoms with van der Waals surface area (Å²) in [5, 5.41) is 0. The summed E-state index contributed by atoms with van der Waals surface area (Å²) in [6, 6.07) is 1.51. The maximum absolute atomic E-state index is 11.5. The Hall–Kier alpha value is -1.23. The van der Waals surface area contributed by atoms with E-state index >= 15 is 0 Å². The van der Waals surface area contributed by atoms with E-state index in [1.54, 1.807) is 18.4 Å². The molecule has 1 aromatic heterocycles. The maximum Gasteiger partial charge on any atom is 0.253 e. The molecule has 4 nitrogen and oxygen atoms in total. The Balaban J connectivity index is 2.97. The Labute approximate surface area is 87.8 Å². The van der Waals surface area contributed by atoms with E-state index in [1.807, 2.05) is 0 Å². The molecule has 76 valence electrons. The Bertz CT molecular complexity index is 411. The van der Waals surface area contributed by atoms with Gasteiger partial charge in [0.25, 0.3) is 5.56 Å². The SMILES string of the molecule is Cc1cc(=O)n(CCC(N)=S)c(C)n1. The van der Waals surface area contributed by atoms with Gasteiger partial charge in [0.15, 0.2) is 0 Å². The fraction of sp³-hybridized carbons (Fsp3) is 0.444. The zero-order valence-electron chi connectivity index (χ0n) is 8.28. The molecular weight excluding hydrogens is 198 g/mol. The van der Waals surface area contributed by atoms with Gasteiger partial charge in [0, 0.05) is 24.7 Å². The van der Waals surface area contributed by atoms with E-state index in [1.165, 1.54) is 6.07 Å². The van der Waals surface area contributed by atoms with Crippen LogP contribution in [0.4, 0.5) is 0 Å². The molecule has 0 aromatic carbocycles. The average molecular weight is 211 g/mol. The molecule has 0 aliphatic rings. The molecule has 2 N–H and O–H groups in total. The third kappa shape index (κ3) is 2.63. The standard InChI is InChI=1S/C9H13N3OS/c1-6-5-9(13)12(7(2)11-6)4-3-8(10)14/h5H,3-4H2,1-2H3,(H2,10,14). The third-order valence-electron chi connectivity index (χ3n) is 1.91. The molecule has 0 saturated carbocycles. The highest BCUT2D eigenvalue weighted by molar-refractivity contribution is 7.80. The molecule has 0 atom stereocenters. The fourth-order valence-corrected chi connectivity index (χ4v) is 1.35. The molecule has 1 heterocycles. The van der Waals surface area contributed by atoms with Gasteiger partial charge in [-0.3, -0.25) is 9.36 Å². The molecule has 5 heteroatoms. The summed E-state index contributed by atoms with van der Waals surface area (Å²) in [4.78, 5) is 16.1. The number of rotatable bonds is 3. The lowest BCUT2D eigenvalue weighted by Gasteiger charge is -2.08. The minimum absolute atomic E-state index is 0.0498. The van der Waals surface area contributed by atoms with E-state index in [4.69, 9.17) is 18.0 Å². The van der Waals surface area contributed by atoms with Crippen molar-refractivity contribution in [3.05, 3.63) is 27.9 Å². The van der Waals surface area contributed by atoms with Gasteiger partial charge in [-0.05, 0) is 13.8 Å². The zero-order chi connectivity index (χ0) is 10.7. The summed E-state index contributed by atoms with van der Waals surface area (Å²) in [7, 11) is 0. The summed E-state index contributed by atoms with van der Waals surface area (Å²) in [5.41, 5.74) is 6.05. The monoisotopic (exact) mass is 211 g/mol. The average Bonchev–Trinajstić information content (AvgIpc) is 2.01. The topological polar surface area (TPSA) is 60.9 Å². The molecule has 0 saturated heterocycles. The molecule has 0 amide bonds. The van der Waals surface area contributed by atoms with Crippen LogP contribution in [0.15, 0.2) is 10.9 Å². The second kappa shape index (κ2) is 4.32. The van der Waals surface area contributed by atoms with Gasteiger partial charge in [-0.2, -0.15) is 0 Å². The molecule has 0 aliphatic heterocycles. The summed E-state index contributed by atoms with van der Waals surface area (Å²) in [6.45, 7) is 4.10. The number of nitrogens with zero attached hydrogens (tertiary/aromatic N) is 2. The van der Waals surface area contributed by atoms with Crippen LogP contribution in [0, 0.1) is 13.8 Å². The van der Waals surface area contributed by atoms with Gasteiger partial charge in [-0.1, -0.05) is 12.2 Å². The van der Waals surface area contributed by atoms with Gasteiger partial charge in [0.1, 0.15) is 5.82 Å². The van der Waals surface area contributed by atoms with Crippen molar-refractivity contribution in [2.24, 2.45) is 5.73 Å². The van der Waals surface area contributed by atoms with Crippen LogP contribution in [-0.4, -0.2) is 14.5 Å². The Morgan fingerprint density at radius 1 is 1.64 bits per heavy atom. The molecule has 0 aliphatic carbocycles. The fourth-order valence-electron chi connectivity index (χ4n) is 1.26. The van der Waals surface area contributed by atoms with E-state index in [0.717, 1.165) is 5.69 Å². The van der Waals surface area contributed by atoms with Crippen LogP contribution in [0.5, 0.6) is 0 Å². The van der Waals surface area contributed by atoms with E-state index in [-0.39, 0.29) is 5.56 Å². The predicted octanol–water partition coefficient (Wildman–Crippen LogP) is 0.536. The first-order valence-corrected chi connectivity index (χ1v) is 4.75.